The topological polar surface area (TPSA) is 27.7 Å². The van der Waals surface area contributed by atoms with Crippen LogP contribution in [0.5, 0.6) is 11.5 Å². The molecule has 0 N–H and O–H groups in total. The second-order valence-electron chi connectivity index (χ2n) is 7.04. The van der Waals surface area contributed by atoms with Gasteiger partial charge in [0.2, 0.25) is 5.82 Å². The van der Waals surface area contributed by atoms with Gasteiger partial charge in [0.25, 0.3) is 0 Å². The van der Waals surface area contributed by atoms with E-state index < -0.39 is 11.6 Å². The number of hydrogen-bond donors (Lipinski definition) is 0. The van der Waals surface area contributed by atoms with Crippen LogP contribution in [0.3, 0.4) is 0 Å². The van der Waals surface area contributed by atoms with Gasteiger partial charge in [0.1, 0.15) is 12.4 Å². The van der Waals surface area contributed by atoms with Gasteiger partial charge in [-0.3, -0.25) is 0 Å². The van der Waals surface area contributed by atoms with Crippen LogP contribution in [-0.2, 0) is 4.74 Å². The number of hydrogen-bond acceptors (Lipinski definition) is 3. The summed E-state index contributed by atoms with van der Waals surface area (Å²) in [5, 5.41) is 0. The van der Waals surface area contributed by atoms with Gasteiger partial charge in [-0.25, -0.2) is 4.39 Å². The molecule has 1 heterocycles. The van der Waals surface area contributed by atoms with Crippen LogP contribution in [0, 0.1) is 17.6 Å². The summed E-state index contributed by atoms with van der Waals surface area (Å²) in [5.41, 5.74) is 0.761. The summed E-state index contributed by atoms with van der Waals surface area (Å²) >= 11 is 0. The second-order valence-corrected chi connectivity index (χ2v) is 7.04. The van der Waals surface area contributed by atoms with E-state index >= 15 is 0 Å². The predicted octanol–water partition coefficient (Wildman–Crippen LogP) is 5.78. The Kier molecular flexibility index (Phi) is 7.04. The molecular formula is C23H26F2O3. The first-order valence-electron chi connectivity index (χ1n) is 9.60. The van der Waals surface area contributed by atoms with E-state index in [0.717, 1.165) is 32.3 Å². The lowest BCUT2D eigenvalue weighted by molar-refractivity contribution is -0.0387. The van der Waals surface area contributed by atoms with Crippen LogP contribution in [0.25, 0.3) is 11.1 Å². The van der Waals surface area contributed by atoms with Crippen molar-refractivity contribution < 1.29 is 23.0 Å². The minimum Gasteiger partial charge on any atom is -0.494 e. The molecule has 0 radical (unpaired) electrons. The van der Waals surface area contributed by atoms with Crippen molar-refractivity contribution in [1.29, 1.82) is 0 Å². The molecule has 150 valence electrons. The summed E-state index contributed by atoms with van der Waals surface area (Å²) in [6.07, 6.45) is 6.32. The highest BCUT2D eigenvalue weighted by atomic mass is 19.2. The van der Waals surface area contributed by atoms with E-state index in [1.807, 2.05) is 6.08 Å². The van der Waals surface area contributed by atoms with E-state index in [1.54, 1.807) is 24.3 Å². The molecule has 2 unspecified atom stereocenters. The quantitative estimate of drug-likeness (QED) is 0.537. The molecule has 5 heteroatoms. The van der Waals surface area contributed by atoms with Gasteiger partial charge in [0, 0.05) is 12.2 Å². The predicted molar refractivity (Wildman–Crippen MR) is 106 cm³/mol. The number of allylic oxidation sites excluding steroid dienone is 1. The highest BCUT2D eigenvalue weighted by molar-refractivity contribution is 5.66. The summed E-state index contributed by atoms with van der Waals surface area (Å²) in [7, 11) is 1.31. The normalized spacial score (nSPS) is 19.2. The zero-order valence-electron chi connectivity index (χ0n) is 16.1. The maximum absolute atomic E-state index is 14.2. The van der Waals surface area contributed by atoms with Crippen LogP contribution in [-0.4, -0.2) is 26.4 Å². The van der Waals surface area contributed by atoms with E-state index in [-0.39, 0.29) is 17.4 Å². The summed E-state index contributed by atoms with van der Waals surface area (Å²) < 4.78 is 44.6. The largest absolute Gasteiger partial charge is 0.494 e. The molecule has 1 fully saturated rings. The first-order valence-corrected chi connectivity index (χ1v) is 9.60. The SMILES string of the molecule is C=CCCC1CCC(COc2ccc(-c3ccc(OC)c(F)c3F)cc2)OC1. The van der Waals surface area contributed by atoms with Crippen molar-refractivity contribution in [2.24, 2.45) is 5.92 Å². The van der Waals surface area contributed by atoms with Gasteiger partial charge in [-0.2, -0.15) is 4.39 Å². The van der Waals surface area contributed by atoms with Crippen molar-refractivity contribution in [3.63, 3.8) is 0 Å². The highest BCUT2D eigenvalue weighted by Crippen LogP contribution is 2.31. The number of benzene rings is 2. The molecular weight excluding hydrogens is 362 g/mol. The monoisotopic (exact) mass is 388 g/mol. The van der Waals surface area contributed by atoms with Crippen LogP contribution in [0.4, 0.5) is 8.78 Å². The van der Waals surface area contributed by atoms with Crippen molar-refractivity contribution in [2.75, 3.05) is 20.3 Å². The first-order chi connectivity index (χ1) is 13.6. The molecule has 2 aromatic carbocycles. The Morgan fingerprint density at radius 2 is 1.89 bits per heavy atom. The minimum absolute atomic E-state index is 0.0905. The fourth-order valence-corrected chi connectivity index (χ4v) is 3.41. The molecule has 1 aliphatic heterocycles. The van der Waals surface area contributed by atoms with Crippen molar-refractivity contribution in [2.45, 2.75) is 31.8 Å². The van der Waals surface area contributed by atoms with Crippen LogP contribution < -0.4 is 9.47 Å². The summed E-state index contributed by atoms with van der Waals surface area (Å²) in [5.74, 6) is -0.736. The lowest BCUT2D eigenvalue weighted by Crippen LogP contribution is -2.30. The fraction of sp³-hybridized carbons (Fsp3) is 0.391. The van der Waals surface area contributed by atoms with Crippen molar-refractivity contribution in [3.05, 3.63) is 60.7 Å². The first kappa shape index (κ1) is 20.3. The van der Waals surface area contributed by atoms with Crippen LogP contribution in [0.1, 0.15) is 25.7 Å². The smallest absolute Gasteiger partial charge is 0.201 e. The highest BCUT2D eigenvalue weighted by Gasteiger charge is 2.21. The molecule has 1 saturated heterocycles. The van der Waals surface area contributed by atoms with E-state index in [1.165, 1.54) is 19.2 Å². The maximum atomic E-state index is 14.2. The van der Waals surface area contributed by atoms with Gasteiger partial charge in [-0.15, -0.1) is 6.58 Å². The molecule has 28 heavy (non-hydrogen) atoms. The molecule has 0 amide bonds. The fourth-order valence-electron chi connectivity index (χ4n) is 3.41. The van der Waals surface area contributed by atoms with Crippen molar-refractivity contribution >= 4 is 0 Å². The average molecular weight is 388 g/mol. The van der Waals surface area contributed by atoms with Gasteiger partial charge in [0.05, 0.1) is 13.2 Å². The number of ether oxygens (including phenoxy) is 3. The lowest BCUT2D eigenvalue weighted by Gasteiger charge is -2.28. The maximum Gasteiger partial charge on any atom is 0.201 e. The van der Waals surface area contributed by atoms with Crippen molar-refractivity contribution in [1.82, 2.24) is 0 Å². The van der Waals surface area contributed by atoms with Gasteiger partial charge < -0.3 is 14.2 Å². The molecule has 2 atom stereocenters. The Bertz CT molecular complexity index is 781. The molecule has 2 aromatic rings. The number of rotatable bonds is 8. The Morgan fingerprint density at radius 3 is 2.54 bits per heavy atom. The van der Waals surface area contributed by atoms with Crippen LogP contribution in [0.15, 0.2) is 49.1 Å². The molecule has 0 spiro atoms. The molecule has 0 aromatic heterocycles. The molecule has 0 bridgehead atoms. The van der Waals surface area contributed by atoms with E-state index in [4.69, 9.17) is 14.2 Å². The average Bonchev–Trinajstić information content (AvgIpc) is 2.74. The Balaban J connectivity index is 1.54. The zero-order valence-corrected chi connectivity index (χ0v) is 16.1. The summed E-state index contributed by atoms with van der Waals surface area (Å²) in [6.45, 7) is 5.01. The Labute approximate surface area is 164 Å². The molecule has 0 aliphatic carbocycles. The van der Waals surface area contributed by atoms with Gasteiger partial charge in [0.15, 0.2) is 11.6 Å². The standard InChI is InChI=1S/C23H26F2O3/c1-3-4-5-16-6-9-19(27-14-16)15-28-18-10-7-17(8-11-18)20-12-13-21(26-2)23(25)22(20)24/h3,7-8,10-13,16,19H,1,4-6,9,14-15H2,2H3. The van der Waals surface area contributed by atoms with Crippen LogP contribution >= 0.6 is 0 Å². The van der Waals surface area contributed by atoms with Crippen LogP contribution in [0.2, 0.25) is 0 Å². The third-order valence-corrected chi connectivity index (χ3v) is 5.11. The molecule has 3 nitrogen and oxygen atoms in total. The van der Waals surface area contributed by atoms with E-state index in [9.17, 15) is 8.78 Å². The Morgan fingerprint density at radius 1 is 1.11 bits per heavy atom. The Hall–Kier alpha value is -2.40. The summed E-state index contributed by atoms with van der Waals surface area (Å²) in [6, 6.07) is 9.87. The molecule has 3 rings (SSSR count). The molecule has 1 aliphatic rings. The zero-order chi connectivity index (χ0) is 19.9. The van der Waals surface area contributed by atoms with Gasteiger partial charge in [-0.05, 0) is 61.4 Å². The van der Waals surface area contributed by atoms with E-state index in [0.29, 0.717) is 23.8 Å². The van der Waals surface area contributed by atoms with Gasteiger partial charge in [-0.1, -0.05) is 18.2 Å². The van der Waals surface area contributed by atoms with E-state index in [2.05, 4.69) is 6.58 Å². The third-order valence-electron chi connectivity index (χ3n) is 5.11. The number of methoxy groups -OCH3 is 1. The number of halogens is 2. The van der Waals surface area contributed by atoms with Gasteiger partial charge >= 0.3 is 0 Å². The third kappa shape index (κ3) is 4.90. The van der Waals surface area contributed by atoms with Crippen molar-refractivity contribution in [3.8, 4) is 22.6 Å². The lowest BCUT2D eigenvalue weighted by atomic mass is 9.94. The second kappa shape index (κ2) is 9.69. The minimum atomic E-state index is -0.985. The summed E-state index contributed by atoms with van der Waals surface area (Å²) in [4.78, 5) is 0. The molecule has 0 saturated carbocycles.